The van der Waals surface area contributed by atoms with Crippen LogP contribution >= 0.6 is 12.2 Å². The van der Waals surface area contributed by atoms with Gasteiger partial charge in [0.1, 0.15) is 11.9 Å². The van der Waals surface area contributed by atoms with Crippen LogP contribution in [0.1, 0.15) is 0 Å². The van der Waals surface area contributed by atoms with Crippen LogP contribution in [-0.4, -0.2) is 44.4 Å². The van der Waals surface area contributed by atoms with E-state index in [9.17, 15) is 8.42 Å². The number of sulfone groups is 1. The minimum Gasteiger partial charge on any atom is -0.497 e. The smallest absolute Gasteiger partial charge is 0.264 e. The van der Waals surface area contributed by atoms with Crippen LogP contribution in [-0.2, 0) is 14.6 Å². The predicted molar refractivity (Wildman–Crippen MR) is 75.4 cm³/mol. The van der Waals surface area contributed by atoms with Crippen molar-refractivity contribution in [2.75, 3.05) is 23.5 Å². The predicted octanol–water partition coefficient (Wildman–Crippen LogP) is 0.982. The molecule has 1 aromatic rings. The van der Waals surface area contributed by atoms with Crippen LogP contribution in [0, 0.1) is 0 Å². The van der Waals surface area contributed by atoms with Gasteiger partial charge in [0.25, 0.3) is 5.17 Å². The summed E-state index contributed by atoms with van der Waals surface area (Å²) in [6.07, 6.45) is -0.348. The Morgan fingerprint density at radius 3 is 2.63 bits per heavy atom. The van der Waals surface area contributed by atoms with E-state index in [4.69, 9.17) is 21.7 Å². The first kappa shape index (κ1) is 12.7. The van der Waals surface area contributed by atoms with Crippen LogP contribution in [0.15, 0.2) is 24.3 Å². The molecule has 7 heteroatoms. The second-order valence-corrected chi connectivity index (χ2v) is 7.14. The number of anilines is 1. The van der Waals surface area contributed by atoms with Crippen LogP contribution in [0.2, 0.25) is 0 Å². The molecule has 2 fully saturated rings. The van der Waals surface area contributed by atoms with Crippen molar-refractivity contribution in [1.29, 1.82) is 0 Å². The maximum absolute atomic E-state index is 11.7. The van der Waals surface area contributed by atoms with Crippen molar-refractivity contribution >= 4 is 32.9 Å². The molecule has 5 nitrogen and oxygen atoms in total. The molecule has 0 unspecified atom stereocenters. The Kier molecular flexibility index (Phi) is 2.90. The van der Waals surface area contributed by atoms with Crippen LogP contribution in [0.4, 0.5) is 5.69 Å². The molecule has 0 spiro atoms. The number of methoxy groups -OCH3 is 1. The van der Waals surface area contributed by atoms with Crippen molar-refractivity contribution in [1.82, 2.24) is 0 Å². The summed E-state index contributed by atoms with van der Waals surface area (Å²) in [4.78, 5) is 1.78. The zero-order valence-electron chi connectivity index (χ0n) is 10.3. The molecule has 0 N–H and O–H groups in total. The van der Waals surface area contributed by atoms with Crippen LogP contribution in [0.25, 0.3) is 0 Å². The molecule has 2 aliphatic heterocycles. The molecule has 2 saturated heterocycles. The summed E-state index contributed by atoms with van der Waals surface area (Å²) in [5, 5.41) is 0.343. The van der Waals surface area contributed by atoms with Crippen LogP contribution in [0.5, 0.6) is 5.75 Å². The molecule has 0 bridgehead atoms. The number of ether oxygens (including phenoxy) is 2. The van der Waals surface area contributed by atoms with Gasteiger partial charge in [-0.25, -0.2) is 8.42 Å². The molecule has 2 aliphatic rings. The highest BCUT2D eigenvalue weighted by Gasteiger charge is 2.49. The van der Waals surface area contributed by atoms with Crippen LogP contribution in [0.3, 0.4) is 0 Å². The van der Waals surface area contributed by atoms with Gasteiger partial charge in [0.2, 0.25) is 0 Å². The second kappa shape index (κ2) is 4.35. The minimum atomic E-state index is -3.03. The lowest BCUT2D eigenvalue weighted by Crippen LogP contribution is -2.36. The maximum atomic E-state index is 11.7. The van der Waals surface area contributed by atoms with E-state index in [1.54, 1.807) is 12.0 Å². The van der Waals surface area contributed by atoms with Crippen molar-refractivity contribution in [2.45, 2.75) is 12.1 Å². The first-order valence-corrected chi connectivity index (χ1v) is 8.07. The summed E-state index contributed by atoms with van der Waals surface area (Å²) >= 11 is 5.19. The zero-order valence-corrected chi connectivity index (χ0v) is 11.9. The van der Waals surface area contributed by atoms with Crippen molar-refractivity contribution in [2.24, 2.45) is 0 Å². The van der Waals surface area contributed by atoms with E-state index < -0.39 is 9.84 Å². The molecular formula is C12H13NO4S2. The quantitative estimate of drug-likeness (QED) is 0.759. The number of nitrogens with zero attached hydrogens (tertiary/aromatic N) is 1. The van der Waals surface area contributed by atoms with Crippen molar-refractivity contribution < 1.29 is 17.9 Å². The van der Waals surface area contributed by atoms with E-state index in [1.165, 1.54) is 0 Å². The van der Waals surface area contributed by atoms with E-state index in [0.717, 1.165) is 11.4 Å². The third kappa shape index (κ3) is 2.17. The lowest BCUT2D eigenvalue weighted by atomic mass is 10.2. The van der Waals surface area contributed by atoms with Crippen molar-refractivity contribution in [3.63, 3.8) is 0 Å². The summed E-state index contributed by atoms with van der Waals surface area (Å²) in [5.41, 5.74) is 0.829. The lowest BCUT2D eigenvalue weighted by Gasteiger charge is -2.21. The highest BCUT2D eigenvalue weighted by atomic mass is 32.2. The Labute approximate surface area is 117 Å². The fourth-order valence-corrected chi connectivity index (χ4v) is 4.69. The van der Waals surface area contributed by atoms with Gasteiger partial charge in [0.05, 0.1) is 24.7 Å². The summed E-state index contributed by atoms with van der Waals surface area (Å²) in [7, 11) is -1.44. The van der Waals surface area contributed by atoms with Gasteiger partial charge < -0.3 is 9.47 Å². The Morgan fingerprint density at radius 1 is 1.32 bits per heavy atom. The highest BCUT2D eigenvalue weighted by Crippen LogP contribution is 2.33. The second-order valence-electron chi connectivity index (χ2n) is 4.63. The Hall–Kier alpha value is -1.34. The number of rotatable bonds is 2. The number of hydrogen-bond acceptors (Lipinski definition) is 5. The summed E-state index contributed by atoms with van der Waals surface area (Å²) < 4.78 is 33.9. The molecule has 0 aromatic heterocycles. The summed E-state index contributed by atoms with van der Waals surface area (Å²) in [6.45, 7) is 0. The third-order valence-electron chi connectivity index (χ3n) is 3.40. The number of hydrogen-bond donors (Lipinski definition) is 0. The Bertz CT molecular complexity index is 611. The highest BCUT2D eigenvalue weighted by molar-refractivity contribution is 7.91. The van der Waals surface area contributed by atoms with Gasteiger partial charge in [-0.15, -0.1) is 0 Å². The molecule has 0 amide bonds. The fraction of sp³-hybridized carbons (Fsp3) is 0.417. The Morgan fingerprint density at radius 2 is 2.00 bits per heavy atom. The first-order chi connectivity index (χ1) is 9.00. The zero-order chi connectivity index (χ0) is 13.6. The van der Waals surface area contributed by atoms with Gasteiger partial charge in [0.15, 0.2) is 9.84 Å². The molecule has 0 radical (unpaired) electrons. The van der Waals surface area contributed by atoms with E-state index >= 15 is 0 Å². The maximum Gasteiger partial charge on any atom is 0.264 e. The molecule has 1 aromatic carbocycles. The number of benzene rings is 1. The largest absolute Gasteiger partial charge is 0.497 e. The van der Waals surface area contributed by atoms with E-state index in [2.05, 4.69) is 0 Å². The van der Waals surface area contributed by atoms with E-state index in [-0.39, 0.29) is 23.7 Å². The molecule has 0 saturated carbocycles. The van der Waals surface area contributed by atoms with Gasteiger partial charge in [-0.2, -0.15) is 0 Å². The fourth-order valence-electron chi connectivity index (χ4n) is 2.51. The van der Waals surface area contributed by atoms with Crippen molar-refractivity contribution in [3.8, 4) is 5.75 Å². The topological polar surface area (TPSA) is 55.8 Å². The molecular weight excluding hydrogens is 286 g/mol. The molecule has 102 valence electrons. The molecule has 19 heavy (non-hydrogen) atoms. The van der Waals surface area contributed by atoms with Crippen LogP contribution < -0.4 is 9.64 Å². The molecule has 0 aliphatic carbocycles. The summed E-state index contributed by atoms with van der Waals surface area (Å²) in [5.74, 6) is 0.874. The molecule has 3 rings (SSSR count). The average Bonchev–Trinajstić information content (AvgIpc) is 2.79. The normalized spacial score (nSPS) is 28.1. The molecule has 2 atom stereocenters. The van der Waals surface area contributed by atoms with Gasteiger partial charge in [-0.1, -0.05) is 0 Å². The molecule has 2 heterocycles. The van der Waals surface area contributed by atoms with E-state index in [1.807, 2.05) is 24.3 Å². The number of thiocarbonyl (C=S) groups is 1. The van der Waals surface area contributed by atoms with Gasteiger partial charge in [0, 0.05) is 5.69 Å². The minimum absolute atomic E-state index is 0.0461. The van der Waals surface area contributed by atoms with Gasteiger partial charge in [-0.05, 0) is 36.5 Å². The standard InChI is InChI=1S/C12H13NO4S2/c1-16-9-4-2-8(3-5-9)13-10-6-19(14,15)7-11(10)17-12(13)18/h2-5,10-11H,6-7H2,1H3/t10-,11+/m0/s1. The SMILES string of the molecule is COc1ccc(N2C(=S)O[C@@H]3CS(=O)(=O)C[C@@H]32)cc1. The van der Waals surface area contributed by atoms with Gasteiger partial charge in [-0.3, -0.25) is 4.90 Å². The van der Waals surface area contributed by atoms with Crippen molar-refractivity contribution in [3.05, 3.63) is 24.3 Å². The lowest BCUT2D eigenvalue weighted by molar-refractivity contribution is 0.244. The van der Waals surface area contributed by atoms with Gasteiger partial charge >= 0.3 is 0 Å². The Balaban J connectivity index is 1.92. The third-order valence-corrected chi connectivity index (χ3v) is 5.38. The monoisotopic (exact) mass is 299 g/mol. The van der Waals surface area contributed by atoms with E-state index in [0.29, 0.717) is 5.17 Å². The first-order valence-electron chi connectivity index (χ1n) is 5.84. The summed E-state index contributed by atoms with van der Waals surface area (Å²) in [6, 6.07) is 7.11. The average molecular weight is 299 g/mol. The number of fused-ring (bicyclic) bond motifs is 1.